The van der Waals surface area contributed by atoms with E-state index >= 15 is 0 Å². The summed E-state index contributed by atoms with van der Waals surface area (Å²) in [6.45, 7) is -2.94. The van der Waals surface area contributed by atoms with Gasteiger partial charge in [0.15, 0.2) is 5.82 Å². The van der Waals surface area contributed by atoms with Crippen LogP contribution in [-0.4, -0.2) is 45.2 Å². The number of anilines is 1. The fourth-order valence-corrected chi connectivity index (χ4v) is 3.24. The van der Waals surface area contributed by atoms with Crippen LogP contribution in [0.2, 0.25) is 0 Å². The number of benzene rings is 2. The second kappa shape index (κ2) is 9.91. The number of nitrogens with zero attached hydrogens (tertiary/aromatic N) is 4. The Morgan fingerprint density at radius 1 is 1.28 bits per heavy atom. The summed E-state index contributed by atoms with van der Waals surface area (Å²) in [4.78, 5) is 22.7. The van der Waals surface area contributed by atoms with Crippen LogP contribution >= 0.6 is 11.8 Å². The number of carbonyl (C=O) groups excluding carboxylic acids is 1. The maximum atomic E-state index is 12.3. The second-order valence-corrected chi connectivity index (χ2v) is 7.00. The number of nitrogen functional groups attached to an aromatic ring is 1. The summed E-state index contributed by atoms with van der Waals surface area (Å²) in [6, 6.07) is 9.47. The van der Waals surface area contributed by atoms with Gasteiger partial charge in [-0.3, -0.25) is 14.9 Å². The molecule has 0 fully saturated rings. The molecule has 0 bridgehead atoms. The van der Waals surface area contributed by atoms with Crippen molar-refractivity contribution in [3.8, 4) is 22.9 Å². The molecule has 0 unspecified atom stereocenters. The van der Waals surface area contributed by atoms with Gasteiger partial charge in [0.05, 0.1) is 23.5 Å². The predicted octanol–water partition coefficient (Wildman–Crippen LogP) is 2.91. The lowest BCUT2D eigenvalue weighted by Crippen LogP contribution is -2.17. The Kier molecular flexibility index (Phi) is 7.04. The smallest absolute Gasteiger partial charge is 0.387 e. The number of rotatable bonds is 9. The molecule has 3 aromatic rings. The van der Waals surface area contributed by atoms with Crippen molar-refractivity contribution >= 4 is 29.0 Å². The van der Waals surface area contributed by atoms with Crippen LogP contribution in [0.15, 0.2) is 47.6 Å². The van der Waals surface area contributed by atoms with Crippen LogP contribution in [-0.2, 0) is 4.79 Å². The molecule has 14 heteroatoms. The van der Waals surface area contributed by atoms with Crippen LogP contribution in [0.3, 0.4) is 0 Å². The summed E-state index contributed by atoms with van der Waals surface area (Å²) >= 11 is 0.979. The van der Waals surface area contributed by atoms with E-state index in [1.54, 1.807) is 0 Å². The first-order chi connectivity index (χ1) is 15.3. The van der Waals surface area contributed by atoms with Crippen LogP contribution in [0, 0.1) is 10.1 Å². The van der Waals surface area contributed by atoms with Crippen molar-refractivity contribution in [1.82, 2.24) is 14.9 Å². The lowest BCUT2D eigenvalue weighted by Gasteiger charge is -2.10. The molecule has 32 heavy (non-hydrogen) atoms. The average molecular weight is 466 g/mol. The van der Waals surface area contributed by atoms with Gasteiger partial charge in [-0.25, -0.2) is 4.68 Å². The summed E-state index contributed by atoms with van der Waals surface area (Å²) in [6.07, 6.45) is 0. The summed E-state index contributed by atoms with van der Waals surface area (Å²) in [7, 11) is 1.37. The minimum atomic E-state index is -2.94. The monoisotopic (exact) mass is 466 g/mol. The molecule has 1 amide bonds. The van der Waals surface area contributed by atoms with Crippen LogP contribution < -0.4 is 20.6 Å². The minimum absolute atomic E-state index is 0.0188. The summed E-state index contributed by atoms with van der Waals surface area (Å²) in [5.41, 5.74) is 0.442. The van der Waals surface area contributed by atoms with Crippen molar-refractivity contribution in [2.75, 3.05) is 24.0 Å². The van der Waals surface area contributed by atoms with E-state index in [2.05, 4.69) is 20.3 Å². The topological polar surface area (TPSA) is 147 Å². The normalized spacial score (nSPS) is 10.8. The Balaban J connectivity index is 1.66. The first kappa shape index (κ1) is 22.7. The van der Waals surface area contributed by atoms with E-state index in [-0.39, 0.29) is 39.6 Å². The Bertz CT molecular complexity index is 1130. The zero-order valence-electron chi connectivity index (χ0n) is 16.4. The van der Waals surface area contributed by atoms with Crippen molar-refractivity contribution < 1.29 is 28.0 Å². The summed E-state index contributed by atoms with van der Waals surface area (Å²) in [5, 5.41) is 21.6. The van der Waals surface area contributed by atoms with Crippen molar-refractivity contribution in [2.45, 2.75) is 11.8 Å². The summed E-state index contributed by atoms with van der Waals surface area (Å²) < 4.78 is 35.1. The number of amides is 1. The molecular weight excluding hydrogens is 450 g/mol. The van der Waals surface area contributed by atoms with Crippen molar-refractivity contribution in [2.24, 2.45) is 0 Å². The van der Waals surface area contributed by atoms with E-state index in [0.717, 1.165) is 16.4 Å². The maximum Gasteiger partial charge on any atom is 0.387 e. The third-order valence-corrected chi connectivity index (χ3v) is 4.95. The van der Waals surface area contributed by atoms with E-state index in [0.29, 0.717) is 5.56 Å². The van der Waals surface area contributed by atoms with Gasteiger partial charge in [0.2, 0.25) is 11.1 Å². The molecule has 11 nitrogen and oxygen atoms in total. The fourth-order valence-electron chi connectivity index (χ4n) is 2.58. The SMILES string of the molecule is COc1ccc([N+](=O)[O-])cc1NC(=O)CSc1nnc(-c2ccc(OC(F)F)cc2)n1N. The number of nitrogens with one attached hydrogen (secondary N) is 1. The molecule has 3 rings (SSSR count). The van der Waals surface area contributed by atoms with E-state index in [1.165, 1.54) is 49.6 Å². The number of thioether (sulfide) groups is 1. The van der Waals surface area contributed by atoms with E-state index in [4.69, 9.17) is 10.6 Å². The van der Waals surface area contributed by atoms with E-state index in [1.807, 2.05) is 0 Å². The summed E-state index contributed by atoms with van der Waals surface area (Å²) in [5.74, 6) is 5.87. The largest absolute Gasteiger partial charge is 0.495 e. The highest BCUT2D eigenvalue weighted by Gasteiger charge is 2.17. The Morgan fingerprint density at radius 2 is 2.00 bits per heavy atom. The second-order valence-electron chi connectivity index (χ2n) is 6.06. The first-order valence-corrected chi connectivity index (χ1v) is 9.78. The molecule has 168 valence electrons. The molecule has 0 saturated carbocycles. The molecule has 1 aromatic heterocycles. The molecule has 3 N–H and O–H groups in total. The molecular formula is C18H16F2N6O5S. The van der Waals surface area contributed by atoms with Gasteiger partial charge in [0.1, 0.15) is 11.5 Å². The van der Waals surface area contributed by atoms with Crippen molar-refractivity contribution in [3.05, 3.63) is 52.6 Å². The highest BCUT2D eigenvalue weighted by Crippen LogP contribution is 2.29. The first-order valence-electron chi connectivity index (χ1n) is 8.79. The van der Waals surface area contributed by atoms with E-state index in [9.17, 15) is 23.7 Å². The number of aromatic nitrogens is 3. The zero-order valence-corrected chi connectivity index (χ0v) is 17.2. The molecule has 1 heterocycles. The van der Waals surface area contributed by atoms with Crippen molar-refractivity contribution in [1.29, 1.82) is 0 Å². The van der Waals surface area contributed by atoms with Gasteiger partial charge in [-0.1, -0.05) is 11.8 Å². The van der Waals surface area contributed by atoms with Crippen LogP contribution in [0.25, 0.3) is 11.4 Å². The molecule has 0 spiro atoms. The van der Waals surface area contributed by atoms with Gasteiger partial charge in [-0.2, -0.15) is 8.78 Å². The number of halogens is 2. The highest BCUT2D eigenvalue weighted by molar-refractivity contribution is 7.99. The zero-order chi connectivity index (χ0) is 23.3. The van der Waals surface area contributed by atoms with Gasteiger partial charge >= 0.3 is 6.61 Å². The average Bonchev–Trinajstić information content (AvgIpc) is 3.12. The molecule has 2 aromatic carbocycles. The number of nitro groups is 1. The molecule has 0 saturated heterocycles. The van der Waals surface area contributed by atoms with Gasteiger partial charge in [0, 0.05) is 17.7 Å². The Hall–Kier alpha value is -3.94. The Morgan fingerprint density at radius 3 is 2.62 bits per heavy atom. The minimum Gasteiger partial charge on any atom is -0.495 e. The van der Waals surface area contributed by atoms with Crippen LogP contribution in [0.5, 0.6) is 11.5 Å². The quantitative estimate of drug-likeness (QED) is 0.210. The number of nitrogens with two attached hydrogens (primary N) is 1. The predicted molar refractivity (Wildman–Crippen MR) is 111 cm³/mol. The van der Waals surface area contributed by atoms with Crippen LogP contribution in [0.1, 0.15) is 0 Å². The van der Waals surface area contributed by atoms with Crippen LogP contribution in [0.4, 0.5) is 20.2 Å². The lowest BCUT2D eigenvalue weighted by molar-refractivity contribution is -0.384. The molecule has 0 atom stereocenters. The highest BCUT2D eigenvalue weighted by atomic mass is 32.2. The van der Waals surface area contributed by atoms with Crippen molar-refractivity contribution in [3.63, 3.8) is 0 Å². The number of alkyl halides is 2. The number of hydrogen-bond acceptors (Lipinski definition) is 9. The standard InChI is InChI=1S/C18H16F2N6O5S/c1-30-14-7-4-11(26(28)29)8-13(14)22-15(27)9-32-18-24-23-16(25(18)21)10-2-5-12(6-3-10)31-17(19)20/h2-8,17H,9,21H2,1H3,(H,22,27). The molecule has 0 aliphatic heterocycles. The lowest BCUT2D eigenvalue weighted by atomic mass is 10.2. The number of ether oxygens (including phenoxy) is 2. The Labute approximate surface area is 183 Å². The number of nitro benzene ring substituents is 1. The molecule has 0 aliphatic rings. The molecule has 0 aliphatic carbocycles. The third-order valence-electron chi connectivity index (χ3n) is 4.00. The molecule has 0 radical (unpaired) electrons. The van der Waals surface area contributed by atoms with E-state index < -0.39 is 17.4 Å². The van der Waals surface area contributed by atoms with Gasteiger partial charge in [0.25, 0.3) is 5.69 Å². The van der Waals surface area contributed by atoms with Gasteiger partial charge in [-0.05, 0) is 30.3 Å². The van der Waals surface area contributed by atoms with Gasteiger partial charge in [-0.15, -0.1) is 10.2 Å². The number of hydrogen-bond donors (Lipinski definition) is 2. The van der Waals surface area contributed by atoms with Gasteiger partial charge < -0.3 is 20.6 Å². The fraction of sp³-hybridized carbons (Fsp3) is 0.167. The third kappa shape index (κ3) is 5.40. The number of non-ortho nitro benzene ring substituents is 1. The number of methoxy groups -OCH3 is 1. The maximum absolute atomic E-state index is 12.3. The number of carbonyl (C=O) groups is 1.